The van der Waals surface area contributed by atoms with Crippen LogP contribution in [0.1, 0.15) is 34.3 Å². The van der Waals surface area contributed by atoms with Gasteiger partial charge in [-0.15, -0.1) is 0 Å². The molecule has 0 bridgehead atoms. The Labute approximate surface area is 157 Å². The normalized spacial score (nSPS) is 19.4. The lowest BCUT2D eigenvalue weighted by Crippen LogP contribution is -2.45. The van der Waals surface area contributed by atoms with E-state index >= 15 is 0 Å². The Kier molecular flexibility index (Phi) is 4.10. The topological polar surface area (TPSA) is 63.7 Å². The minimum absolute atomic E-state index is 0.227. The molecule has 2 aromatic carbocycles. The molecule has 0 N–H and O–H groups in total. The number of halogens is 1. The number of sulfonamides is 1. The van der Waals surface area contributed by atoms with Gasteiger partial charge in [0.1, 0.15) is 5.60 Å². The average molecular weight is 392 g/mol. The van der Waals surface area contributed by atoms with E-state index in [9.17, 15) is 13.2 Å². The van der Waals surface area contributed by atoms with Crippen LogP contribution in [-0.2, 0) is 20.4 Å². The summed E-state index contributed by atoms with van der Waals surface area (Å²) in [5.74, 6) is -0.331. The molecule has 2 aliphatic heterocycles. The number of benzene rings is 2. The number of piperidine rings is 1. The third-order valence-corrected chi connectivity index (χ3v) is 7.50. The monoisotopic (exact) mass is 391 g/mol. The highest BCUT2D eigenvalue weighted by Gasteiger charge is 2.48. The van der Waals surface area contributed by atoms with Crippen molar-refractivity contribution in [3.63, 3.8) is 0 Å². The van der Waals surface area contributed by atoms with Crippen LogP contribution in [0.25, 0.3) is 0 Å². The van der Waals surface area contributed by atoms with Gasteiger partial charge in [-0.3, -0.25) is 0 Å². The van der Waals surface area contributed by atoms with Gasteiger partial charge in [0.25, 0.3) is 0 Å². The van der Waals surface area contributed by atoms with Crippen molar-refractivity contribution < 1.29 is 17.9 Å². The number of fused-ring (bicyclic) bond motifs is 2. The van der Waals surface area contributed by atoms with Crippen molar-refractivity contribution in [3.05, 3.63) is 64.2 Å². The fourth-order valence-electron chi connectivity index (χ4n) is 3.80. The number of aryl methyl sites for hydroxylation is 1. The van der Waals surface area contributed by atoms with E-state index in [0.717, 1.165) is 5.56 Å². The maximum atomic E-state index is 13.0. The summed E-state index contributed by atoms with van der Waals surface area (Å²) in [6.07, 6.45) is 0.878. The summed E-state index contributed by atoms with van der Waals surface area (Å²) in [5.41, 5.74) is 1.38. The van der Waals surface area contributed by atoms with Gasteiger partial charge in [-0.25, -0.2) is 13.2 Å². The minimum atomic E-state index is -3.64. The van der Waals surface area contributed by atoms with E-state index in [4.69, 9.17) is 16.3 Å². The maximum Gasteiger partial charge on any atom is 0.339 e. The number of rotatable bonds is 2. The van der Waals surface area contributed by atoms with Gasteiger partial charge < -0.3 is 4.74 Å². The van der Waals surface area contributed by atoms with Gasteiger partial charge in [0, 0.05) is 36.5 Å². The average Bonchev–Trinajstić information content (AvgIpc) is 2.90. The Balaban J connectivity index is 1.62. The number of hydrogen-bond donors (Lipinski definition) is 0. The second-order valence-corrected chi connectivity index (χ2v) is 9.09. The molecule has 2 heterocycles. The van der Waals surface area contributed by atoms with Crippen molar-refractivity contribution in [2.24, 2.45) is 0 Å². The molecule has 1 saturated heterocycles. The zero-order chi connectivity index (χ0) is 18.5. The molecule has 0 aromatic heterocycles. The number of ether oxygens (including phenoxy) is 1. The van der Waals surface area contributed by atoms with E-state index in [2.05, 4.69) is 0 Å². The maximum absolute atomic E-state index is 13.0. The first-order valence-corrected chi connectivity index (χ1v) is 10.2. The summed E-state index contributed by atoms with van der Waals surface area (Å²) in [6.45, 7) is 2.33. The van der Waals surface area contributed by atoms with Crippen LogP contribution in [0.4, 0.5) is 0 Å². The number of carbonyl (C=O) groups excluding carboxylic acids is 1. The number of esters is 1. The van der Waals surface area contributed by atoms with E-state index in [1.807, 2.05) is 12.1 Å². The predicted molar refractivity (Wildman–Crippen MR) is 97.7 cm³/mol. The number of hydrogen-bond acceptors (Lipinski definition) is 4. The molecule has 136 valence electrons. The van der Waals surface area contributed by atoms with Gasteiger partial charge in [-0.1, -0.05) is 35.9 Å². The summed E-state index contributed by atoms with van der Waals surface area (Å²) >= 11 is 5.99. The first-order valence-electron chi connectivity index (χ1n) is 8.43. The number of carbonyl (C=O) groups is 1. The van der Waals surface area contributed by atoms with Crippen LogP contribution in [0.2, 0.25) is 5.02 Å². The van der Waals surface area contributed by atoms with Crippen molar-refractivity contribution in [1.29, 1.82) is 0 Å². The third-order valence-electron chi connectivity index (χ3n) is 5.22. The molecule has 26 heavy (non-hydrogen) atoms. The van der Waals surface area contributed by atoms with Crippen molar-refractivity contribution in [3.8, 4) is 0 Å². The second-order valence-electron chi connectivity index (χ2n) is 6.74. The Morgan fingerprint density at radius 1 is 1.12 bits per heavy atom. The van der Waals surface area contributed by atoms with E-state index in [1.54, 1.807) is 31.2 Å². The first-order chi connectivity index (χ1) is 12.3. The highest BCUT2D eigenvalue weighted by atomic mass is 35.5. The lowest BCUT2D eigenvalue weighted by Gasteiger charge is -2.38. The molecule has 0 radical (unpaired) electrons. The molecule has 5 nitrogen and oxygen atoms in total. The Hall–Kier alpha value is -1.89. The fourth-order valence-corrected chi connectivity index (χ4v) is 5.72. The Morgan fingerprint density at radius 2 is 1.81 bits per heavy atom. The first kappa shape index (κ1) is 17.5. The smallest absolute Gasteiger partial charge is 0.339 e. The highest BCUT2D eigenvalue weighted by molar-refractivity contribution is 7.89. The lowest BCUT2D eigenvalue weighted by atomic mass is 9.84. The molecule has 7 heteroatoms. The predicted octanol–water partition coefficient (Wildman–Crippen LogP) is 3.50. The second kappa shape index (κ2) is 6.08. The van der Waals surface area contributed by atoms with Gasteiger partial charge in [0.15, 0.2) is 0 Å². The molecule has 1 spiro atoms. The molecule has 0 atom stereocenters. The van der Waals surface area contributed by atoms with Crippen LogP contribution in [0.3, 0.4) is 0 Å². The summed E-state index contributed by atoms with van der Waals surface area (Å²) < 4.78 is 33.2. The molecule has 2 aromatic rings. The Bertz CT molecular complexity index is 994. The van der Waals surface area contributed by atoms with E-state index in [0.29, 0.717) is 29.0 Å². The summed E-state index contributed by atoms with van der Waals surface area (Å²) in [4.78, 5) is 12.4. The lowest BCUT2D eigenvalue weighted by molar-refractivity contribution is -0.0329. The summed E-state index contributed by atoms with van der Waals surface area (Å²) in [5, 5.41) is 0.390. The molecule has 2 aliphatic rings. The zero-order valence-electron chi connectivity index (χ0n) is 14.2. The van der Waals surface area contributed by atoms with E-state index in [1.165, 1.54) is 10.4 Å². The van der Waals surface area contributed by atoms with E-state index < -0.39 is 15.6 Å². The van der Waals surface area contributed by atoms with Gasteiger partial charge >= 0.3 is 5.97 Å². The Morgan fingerprint density at radius 3 is 2.54 bits per heavy atom. The fraction of sp³-hybridized carbons (Fsp3) is 0.316. The highest BCUT2D eigenvalue weighted by Crippen LogP contribution is 2.44. The van der Waals surface area contributed by atoms with Crippen molar-refractivity contribution in [2.45, 2.75) is 30.3 Å². The number of nitrogens with zero attached hydrogens (tertiary/aromatic N) is 1. The van der Waals surface area contributed by atoms with Gasteiger partial charge in [-0.2, -0.15) is 4.31 Å². The van der Waals surface area contributed by atoms with Gasteiger partial charge in [-0.05, 0) is 30.7 Å². The van der Waals surface area contributed by atoms with Gasteiger partial charge in [0.2, 0.25) is 10.0 Å². The van der Waals surface area contributed by atoms with Crippen molar-refractivity contribution >= 4 is 27.6 Å². The quantitative estimate of drug-likeness (QED) is 0.735. The summed E-state index contributed by atoms with van der Waals surface area (Å²) in [6, 6.07) is 12.2. The molecule has 4 rings (SSSR count). The van der Waals surface area contributed by atoms with E-state index in [-0.39, 0.29) is 24.0 Å². The minimum Gasteiger partial charge on any atom is -0.450 e. The van der Waals surface area contributed by atoms with Crippen LogP contribution in [0.15, 0.2) is 47.4 Å². The SMILES string of the molecule is Cc1ccc(Cl)cc1S(=O)(=O)N1CCC2(CC1)OC(=O)c1ccccc12. The molecule has 0 unspecified atom stereocenters. The summed E-state index contributed by atoms with van der Waals surface area (Å²) in [7, 11) is -3.64. The molecule has 0 saturated carbocycles. The molecule has 0 aliphatic carbocycles. The van der Waals surface area contributed by atoms with Crippen LogP contribution in [-0.4, -0.2) is 31.8 Å². The van der Waals surface area contributed by atoms with Crippen molar-refractivity contribution in [1.82, 2.24) is 4.31 Å². The van der Waals surface area contributed by atoms with Crippen LogP contribution in [0.5, 0.6) is 0 Å². The molecular formula is C19H18ClNO4S. The third kappa shape index (κ3) is 2.64. The zero-order valence-corrected chi connectivity index (χ0v) is 15.8. The van der Waals surface area contributed by atoms with Crippen LogP contribution < -0.4 is 0 Å². The molecule has 1 fully saturated rings. The molecular weight excluding hydrogens is 374 g/mol. The molecule has 0 amide bonds. The standard InChI is InChI=1S/C19H18ClNO4S/c1-13-6-7-14(20)12-17(13)26(23,24)21-10-8-19(9-11-21)16-5-3-2-4-15(16)18(22)25-19/h2-7,12H,8-11H2,1H3. The largest absolute Gasteiger partial charge is 0.450 e. The van der Waals surface area contributed by atoms with Crippen LogP contribution in [0, 0.1) is 6.92 Å². The van der Waals surface area contributed by atoms with Crippen LogP contribution >= 0.6 is 11.6 Å². The van der Waals surface area contributed by atoms with Crippen molar-refractivity contribution in [2.75, 3.05) is 13.1 Å². The van der Waals surface area contributed by atoms with Gasteiger partial charge in [0.05, 0.1) is 10.5 Å².